The quantitative estimate of drug-likeness (QED) is 0.136. The van der Waals surface area contributed by atoms with Gasteiger partial charge in [-0.3, -0.25) is 0 Å². The molecule has 0 fully saturated rings. The first-order chi connectivity index (χ1) is 62.9. The minimum atomic E-state index is -0.277. The van der Waals surface area contributed by atoms with Crippen molar-refractivity contribution >= 4 is 372 Å². The molecule has 14 aromatic carbocycles. The summed E-state index contributed by atoms with van der Waals surface area (Å²) in [5.74, 6) is 0. The van der Waals surface area contributed by atoms with E-state index in [1.807, 2.05) is 47.5 Å². The summed E-state index contributed by atoms with van der Waals surface area (Å²) < 4.78 is 197. The predicted molar refractivity (Wildman–Crippen MR) is 530 cm³/mol. The molecule has 7 nitrogen and oxygen atoms in total. The van der Waals surface area contributed by atoms with Crippen molar-refractivity contribution in [2.45, 2.75) is 0 Å². The largest absolute Gasteiger partial charge is 0.344 e. The van der Waals surface area contributed by atoms with Gasteiger partial charge >= 0.3 is 0 Å². The second-order valence-electron chi connectivity index (χ2n) is 25.3. The normalized spacial score (nSPS) is 14.2. The van der Waals surface area contributed by atoms with E-state index < -0.39 is 0 Å². The Morgan fingerprint density at radius 3 is 0.741 bits per heavy atom. The van der Waals surface area contributed by atoms with E-state index in [0.29, 0.717) is 75.4 Å². The Morgan fingerprint density at radius 2 is 0.411 bits per heavy atom. The highest BCUT2D eigenvalue weighted by Crippen LogP contribution is 2.40. The van der Waals surface area contributed by atoms with Crippen molar-refractivity contribution < 1.29 is 30.2 Å². The van der Waals surface area contributed by atoms with Crippen LogP contribution in [0.5, 0.6) is 0 Å². The van der Waals surface area contributed by atoms with Crippen molar-refractivity contribution in [3.8, 4) is 0 Å². The zero-order valence-corrected chi connectivity index (χ0v) is 79.0. The van der Waals surface area contributed by atoms with E-state index in [0.717, 1.165) is 50.7 Å². The maximum Gasteiger partial charge on any atom is 0.0646 e. The monoisotopic (exact) mass is 2300 g/mol. The number of nitrogens with zero attached hydrogens (tertiary/aromatic N) is 7. The molecular formula is C91H63Br8Cl4I2N7. The molecule has 7 aromatic heterocycles. The second kappa shape index (κ2) is 34.0. The Bertz CT molecular complexity index is 7830. The van der Waals surface area contributed by atoms with Gasteiger partial charge in [-0.05, 0) is 299 Å². The minimum Gasteiger partial charge on any atom is -0.344 e. The van der Waals surface area contributed by atoms with Crippen LogP contribution in [0.3, 0.4) is 0 Å². The van der Waals surface area contributed by atoms with Gasteiger partial charge in [-0.2, -0.15) is 0 Å². The molecule has 21 rings (SSSR count). The predicted octanol–water partition coefficient (Wildman–Crippen LogP) is 33.2. The lowest BCUT2D eigenvalue weighted by atomic mass is 10.1. The van der Waals surface area contributed by atoms with E-state index in [9.17, 15) is 0 Å². The number of fused-ring (bicyclic) bond motifs is 21. The van der Waals surface area contributed by atoms with Crippen LogP contribution in [0, 0.1) is 7.14 Å². The van der Waals surface area contributed by atoms with Crippen LogP contribution in [0.15, 0.2) is 290 Å². The SMILES string of the molecule is Cn1c2ccc(Br)cc2c2cc(Br)ccc21.Cn1c2ccc(I)cc2c2cc(I)ccc21.[2H]c1c(Br)c([2H])c2c3c([2H])c(Br)c([2H])c([2H])c3n(C)c2c1[2H].[2H]c1c(Cl)c([2H])c2c3c([2H])c(Cl)c([2H])c([2H])c3n(C)c2c1[2H].[2H]c1cc2c(c([2H])c1Br)c1c([2H])c(Br)c([2H])cc1n2C.[2H]c1cc2c(c([2H])c1Cl)c1c([2H])c(Cl)c([2H])cc1n2C.[2H]c1cc2c(cc1Br)c1cc(Br)c([2H])cc1n2C. The molecule has 0 spiro atoms. The number of hydrogen-bond acceptors (Lipinski definition) is 0. The summed E-state index contributed by atoms with van der Waals surface area (Å²) in [6.07, 6.45) is 0. The molecule has 0 aliphatic rings. The highest BCUT2D eigenvalue weighted by Gasteiger charge is 2.16. The Morgan fingerprint density at radius 1 is 0.205 bits per heavy atom. The summed E-state index contributed by atoms with van der Waals surface area (Å²) in [6, 6.07) is 40.5. The van der Waals surface area contributed by atoms with Crippen LogP contribution >= 0.6 is 219 Å². The van der Waals surface area contributed by atoms with Gasteiger partial charge in [0.05, 0.1) is 30.2 Å². The highest BCUT2D eigenvalue weighted by molar-refractivity contribution is 14.1. The number of rotatable bonds is 0. The van der Waals surface area contributed by atoms with Gasteiger partial charge in [0, 0.05) is 265 Å². The van der Waals surface area contributed by atoms with Crippen LogP contribution in [-0.2, 0) is 49.3 Å². The molecule has 560 valence electrons. The van der Waals surface area contributed by atoms with Gasteiger partial charge in [0.15, 0.2) is 0 Å². The van der Waals surface area contributed by atoms with Gasteiger partial charge in [-0.1, -0.05) is 174 Å². The molecule has 0 bridgehead atoms. The summed E-state index contributed by atoms with van der Waals surface area (Å²) in [5.41, 5.74) is 11.0. The molecule has 21 heteroatoms. The average Bonchev–Trinajstić information content (AvgIpc) is 1.55. The van der Waals surface area contributed by atoms with E-state index in [1.54, 1.807) is 50.0 Å². The molecule has 0 N–H and O–H groups in total. The van der Waals surface area contributed by atoms with E-state index >= 15 is 0 Å². The van der Waals surface area contributed by atoms with Crippen molar-refractivity contribution in [3.63, 3.8) is 0 Å². The third-order valence-corrected chi connectivity index (χ3v) is 24.5. The lowest BCUT2D eigenvalue weighted by molar-refractivity contribution is 1.01. The fourth-order valence-electron chi connectivity index (χ4n) is 13.6. The van der Waals surface area contributed by atoms with Crippen molar-refractivity contribution in [1.29, 1.82) is 0 Å². The first kappa shape index (κ1) is 58.1. The Balaban J connectivity index is 0.000000120. The van der Waals surface area contributed by atoms with Crippen LogP contribution in [0.2, 0.25) is 20.1 Å². The van der Waals surface area contributed by atoms with Crippen molar-refractivity contribution in [2.75, 3.05) is 0 Å². The summed E-state index contributed by atoms with van der Waals surface area (Å²) in [6.45, 7) is 0. The molecule has 21 aromatic rings. The fourth-order valence-corrected chi connectivity index (χ4v) is 17.7. The van der Waals surface area contributed by atoms with E-state index in [1.165, 1.54) is 59.9 Å². The molecule has 7 heterocycles. The van der Waals surface area contributed by atoms with Crippen LogP contribution in [-0.4, -0.2) is 32.0 Å². The average molecular weight is 2310 g/mol. The molecule has 0 saturated heterocycles. The standard InChI is InChI=1S/4C13H9Br2N.2C13H9Cl2N.C13H9I2N/c7*1-16-12-4-2-8(14)6-10(12)11-7-9(15)3-5-13(11)16/h7*2-7H,1H3/i2D,3D,4D,5D,6D,7D;2D,3D,6D,7D;2D,3D;;2D,3D,4D,5D,6D,7D;2D,3D,6D,7D;. The molecule has 0 radical (unpaired) electrons. The molecule has 0 atom stereocenters. The molecule has 0 unspecified atom stereocenters. The zero-order chi connectivity index (χ0) is 98.1. The van der Waals surface area contributed by atoms with Crippen molar-refractivity contribution in [2.24, 2.45) is 49.3 Å². The minimum absolute atomic E-state index is 0.0131. The maximum absolute atomic E-state index is 8.24. The first-order valence-electron chi connectivity index (χ1n) is 44.2. The first-order valence-corrected chi connectivity index (χ1v) is 43.2. The summed E-state index contributed by atoms with van der Waals surface area (Å²) >= 11 is 55.3. The van der Waals surface area contributed by atoms with Gasteiger partial charge in [0.2, 0.25) is 0 Å². The Kier molecular flexibility index (Phi) is 17.6. The second-order valence-corrected chi connectivity index (χ2v) is 36.0. The van der Waals surface area contributed by atoms with Crippen LogP contribution in [0.1, 0.15) is 30.2 Å². The van der Waals surface area contributed by atoms with Gasteiger partial charge in [-0.15, -0.1) is 0 Å². The van der Waals surface area contributed by atoms with E-state index in [4.69, 9.17) is 76.6 Å². The van der Waals surface area contributed by atoms with Gasteiger partial charge < -0.3 is 32.0 Å². The lowest BCUT2D eigenvalue weighted by Gasteiger charge is -1.97. The number of aromatic nitrogens is 7. The van der Waals surface area contributed by atoms with Crippen LogP contribution < -0.4 is 0 Å². The summed E-state index contributed by atoms with van der Waals surface area (Å²) in [5, 5.41) is 10.6. The van der Waals surface area contributed by atoms with Gasteiger partial charge in [0.25, 0.3) is 0 Å². The third kappa shape index (κ3) is 16.4. The van der Waals surface area contributed by atoms with Crippen LogP contribution in [0.4, 0.5) is 0 Å². The van der Waals surface area contributed by atoms with E-state index in [2.05, 4.69) is 269 Å². The highest BCUT2D eigenvalue weighted by atomic mass is 127. The fraction of sp³-hybridized carbons (Fsp3) is 0.0769. The molecule has 112 heavy (non-hydrogen) atoms. The topological polar surface area (TPSA) is 34.5 Å². The molecule has 0 amide bonds. The number of benzene rings is 14. The Labute approximate surface area is 791 Å². The van der Waals surface area contributed by atoms with Crippen molar-refractivity contribution in [1.82, 2.24) is 32.0 Å². The summed E-state index contributed by atoms with van der Waals surface area (Å²) in [4.78, 5) is 0. The number of halogens is 14. The smallest absolute Gasteiger partial charge is 0.0646 e. The molecule has 0 saturated carbocycles. The maximum atomic E-state index is 8.24. The van der Waals surface area contributed by atoms with Gasteiger partial charge in [0.1, 0.15) is 0 Å². The van der Waals surface area contributed by atoms with Gasteiger partial charge in [-0.25, -0.2) is 0 Å². The van der Waals surface area contributed by atoms with Crippen molar-refractivity contribution in [3.05, 3.63) is 317 Å². The summed E-state index contributed by atoms with van der Waals surface area (Å²) in [7, 11) is 13.0. The zero-order valence-electron chi connectivity index (χ0n) is 81.0. The Hall–Kier alpha value is -5.86. The van der Waals surface area contributed by atoms with E-state index in [-0.39, 0.29) is 172 Å². The van der Waals surface area contributed by atoms with Crippen LogP contribution in [0.25, 0.3) is 153 Å². The molecular weight excluding hydrogens is 2230 g/mol. The number of hydrogen-bond donors (Lipinski definition) is 0. The molecule has 0 aliphatic carbocycles. The lowest BCUT2D eigenvalue weighted by Crippen LogP contribution is -1.85. The molecule has 0 aliphatic heterocycles. The third-order valence-electron chi connectivity index (χ3n) is 18.8. The number of aryl methyl sites for hydroxylation is 7.